The van der Waals surface area contributed by atoms with Crippen molar-refractivity contribution in [3.8, 4) is 5.75 Å². The standard InChI is InChI=1S/C27H37N3O6/c1-8-30(25(33)22(16-31)29-26(34)36-27(4,5)6)23(21-11-9-10-17(2)18(21)3)24(32)28-19-12-14-20(35-7)15-13-19/h9-15,22-23,31H,8,16H2,1-7H3,(H,28,32)(H,29,34). The lowest BCUT2D eigenvalue weighted by molar-refractivity contribution is -0.141. The van der Waals surface area contributed by atoms with E-state index in [1.165, 1.54) is 4.90 Å². The zero-order chi connectivity index (χ0) is 27.0. The average Bonchev–Trinajstić information content (AvgIpc) is 2.82. The molecule has 2 unspecified atom stereocenters. The van der Waals surface area contributed by atoms with Crippen molar-refractivity contribution in [1.29, 1.82) is 0 Å². The van der Waals surface area contributed by atoms with Crippen molar-refractivity contribution in [3.05, 3.63) is 59.2 Å². The van der Waals surface area contributed by atoms with E-state index in [9.17, 15) is 19.5 Å². The summed E-state index contributed by atoms with van der Waals surface area (Å²) in [5.74, 6) is -0.400. The first kappa shape index (κ1) is 28.6. The monoisotopic (exact) mass is 499 g/mol. The first-order valence-corrected chi connectivity index (χ1v) is 11.8. The highest BCUT2D eigenvalue weighted by Crippen LogP contribution is 2.28. The van der Waals surface area contributed by atoms with E-state index in [1.807, 2.05) is 26.0 Å². The van der Waals surface area contributed by atoms with Crippen molar-refractivity contribution in [1.82, 2.24) is 10.2 Å². The van der Waals surface area contributed by atoms with Crippen molar-refractivity contribution >= 4 is 23.6 Å². The van der Waals surface area contributed by atoms with Gasteiger partial charge in [-0.3, -0.25) is 9.59 Å². The van der Waals surface area contributed by atoms with Gasteiger partial charge >= 0.3 is 6.09 Å². The summed E-state index contributed by atoms with van der Waals surface area (Å²) in [4.78, 5) is 40.9. The van der Waals surface area contributed by atoms with E-state index < -0.39 is 42.2 Å². The summed E-state index contributed by atoms with van der Waals surface area (Å²) in [6, 6.07) is 10.1. The summed E-state index contributed by atoms with van der Waals surface area (Å²) >= 11 is 0. The Morgan fingerprint density at radius 1 is 1.06 bits per heavy atom. The minimum Gasteiger partial charge on any atom is -0.497 e. The molecule has 3 amide bonds. The third-order valence-corrected chi connectivity index (χ3v) is 5.65. The molecule has 3 N–H and O–H groups in total. The van der Waals surface area contributed by atoms with Crippen molar-refractivity contribution in [2.24, 2.45) is 0 Å². The molecule has 0 fully saturated rings. The van der Waals surface area contributed by atoms with Crippen molar-refractivity contribution in [2.45, 2.75) is 59.2 Å². The van der Waals surface area contributed by atoms with Crippen LogP contribution < -0.4 is 15.4 Å². The van der Waals surface area contributed by atoms with Crippen molar-refractivity contribution in [3.63, 3.8) is 0 Å². The molecule has 2 atom stereocenters. The fourth-order valence-corrected chi connectivity index (χ4v) is 3.71. The Morgan fingerprint density at radius 3 is 2.22 bits per heavy atom. The van der Waals surface area contributed by atoms with Crippen LogP contribution in [0.15, 0.2) is 42.5 Å². The Balaban J connectivity index is 2.43. The van der Waals surface area contributed by atoms with E-state index in [2.05, 4.69) is 10.6 Å². The van der Waals surface area contributed by atoms with Crippen LogP contribution in [0.2, 0.25) is 0 Å². The van der Waals surface area contributed by atoms with Crippen LogP contribution in [-0.4, -0.2) is 59.8 Å². The zero-order valence-corrected chi connectivity index (χ0v) is 22.0. The van der Waals surface area contributed by atoms with Gasteiger partial charge in [-0.2, -0.15) is 0 Å². The number of anilines is 1. The van der Waals surface area contributed by atoms with Gasteiger partial charge in [0, 0.05) is 12.2 Å². The number of nitrogens with one attached hydrogen (secondary N) is 2. The van der Waals surface area contributed by atoms with Crippen LogP contribution in [0.4, 0.5) is 10.5 Å². The summed E-state index contributed by atoms with van der Waals surface area (Å²) in [6.07, 6.45) is -0.836. The molecule has 0 aliphatic heterocycles. The number of ether oxygens (including phenoxy) is 2. The Morgan fingerprint density at radius 2 is 1.69 bits per heavy atom. The number of methoxy groups -OCH3 is 1. The van der Waals surface area contributed by atoms with Crippen molar-refractivity contribution in [2.75, 3.05) is 25.6 Å². The molecular weight excluding hydrogens is 462 g/mol. The van der Waals surface area contributed by atoms with E-state index in [-0.39, 0.29) is 6.54 Å². The maximum atomic E-state index is 13.6. The van der Waals surface area contributed by atoms with Gasteiger partial charge in [0.05, 0.1) is 13.7 Å². The van der Waals surface area contributed by atoms with E-state index in [4.69, 9.17) is 9.47 Å². The van der Waals surface area contributed by atoms with E-state index in [1.54, 1.807) is 65.1 Å². The lowest BCUT2D eigenvalue weighted by Gasteiger charge is -2.34. The van der Waals surface area contributed by atoms with Crippen molar-refractivity contribution < 1.29 is 29.0 Å². The molecule has 2 aromatic rings. The number of alkyl carbamates (subject to hydrolysis) is 1. The third kappa shape index (κ3) is 7.45. The highest BCUT2D eigenvalue weighted by molar-refractivity contribution is 5.99. The second-order valence-corrected chi connectivity index (χ2v) is 9.42. The van der Waals surface area contributed by atoms with Crippen LogP contribution in [0.3, 0.4) is 0 Å². The largest absolute Gasteiger partial charge is 0.497 e. The number of hydrogen-bond acceptors (Lipinski definition) is 6. The Kier molecular flexibility index (Phi) is 9.86. The number of aliphatic hydroxyl groups excluding tert-OH is 1. The minimum atomic E-state index is -1.29. The minimum absolute atomic E-state index is 0.152. The fourth-order valence-electron chi connectivity index (χ4n) is 3.71. The van der Waals surface area contributed by atoms with Gasteiger partial charge in [0.1, 0.15) is 23.4 Å². The lowest BCUT2D eigenvalue weighted by Crippen LogP contribution is -2.53. The highest BCUT2D eigenvalue weighted by atomic mass is 16.6. The molecular formula is C27H37N3O6. The predicted octanol–water partition coefficient (Wildman–Crippen LogP) is 3.73. The lowest BCUT2D eigenvalue weighted by atomic mass is 9.95. The van der Waals surface area contributed by atoms with Crippen LogP contribution in [0, 0.1) is 13.8 Å². The van der Waals surface area contributed by atoms with Gasteiger partial charge in [0.2, 0.25) is 5.91 Å². The highest BCUT2D eigenvalue weighted by Gasteiger charge is 2.36. The van der Waals surface area contributed by atoms with Gasteiger partial charge in [0.15, 0.2) is 0 Å². The predicted molar refractivity (Wildman–Crippen MR) is 138 cm³/mol. The first-order valence-electron chi connectivity index (χ1n) is 11.8. The van der Waals surface area contributed by atoms with E-state index in [0.717, 1.165) is 11.1 Å². The number of carbonyl (C=O) groups excluding carboxylic acids is 3. The Bertz CT molecular complexity index is 1060. The van der Waals surface area contributed by atoms with Crippen LogP contribution in [0.25, 0.3) is 0 Å². The molecule has 36 heavy (non-hydrogen) atoms. The number of nitrogens with zero attached hydrogens (tertiary/aromatic N) is 1. The van der Waals surface area contributed by atoms with E-state index >= 15 is 0 Å². The van der Waals surface area contributed by atoms with Gasteiger partial charge in [-0.25, -0.2) is 4.79 Å². The normalized spacial score (nSPS) is 12.8. The number of likely N-dealkylation sites (N-methyl/N-ethyl adjacent to an activating group) is 1. The summed E-state index contributed by atoms with van der Waals surface area (Å²) in [7, 11) is 1.55. The molecule has 0 saturated heterocycles. The first-order chi connectivity index (χ1) is 16.9. The van der Waals surface area contributed by atoms with Gasteiger partial charge in [-0.05, 0) is 82.5 Å². The SMILES string of the molecule is CCN(C(=O)C(CO)NC(=O)OC(C)(C)C)C(C(=O)Nc1ccc(OC)cc1)c1cccc(C)c1C. The third-order valence-electron chi connectivity index (χ3n) is 5.65. The summed E-state index contributed by atoms with van der Waals surface area (Å²) in [5.41, 5.74) is 2.22. The maximum Gasteiger partial charge on any atom is 0.408 e. The van der Waals surface area contributed by atoms with Gasteiger partial charge in [-0.1, -0.05) is 18.2 Å². The molecule has 0 aliphatic carbocycles. The molecule has 0 aromatic heterocycles. The molecule has 0 bridgehead atoms. The van der Waals surface area contributed by atoms with E-state index in [0.29, 0.717) is 17.0 Å². The fraction of sp³-hybridized carbons (Fsp3) is 0.444. The number of aryl methyl sites for hydroxylation is 1. The molecule has 2 aromatic carbocycles. The number of hydrogen-bond donors (Lipinski definition) is 3. The van der Waals surface area contributed by atoms with Gasteiger partial charge in [-0.15, -0.1) is 0 Å². The molecule has 2 rings (SSSR count). The number of benzene rings is 2. The van der Waals surface area contributed by atoms with Crippen LogP contribution in [0.5, 0.6) is 5.75 Å². The second kappa shape index (κ2) is 12.4. The number of amides is 3. The summed E-state index contributed by atoms with van der Waals surface area (Å²) in [5, 5.41) is 15.2. The summed E-state index contributed by atoms with van der Waals surface area (Å²) < 4.78 is 10.4. The molecule has 0 spiro atoms. The van der Waals surface area contributed by atoms with Crippen LogP contribution in [-0.2, 0) is 14.3 Å². The number of carbonyl (C=O) groups is 3. The number of aliphatic hydroxyl groups is 1. The van der Waals surface area contributed by atoms with Gasteiger partial charge < -0.3 is 30.1 Å². The quantitative estimate of drug-likeness (QED) is 0.484. The molecule has 0 heterocycles. The maximum absolute atomic E-state index is 13.6. The molecule has 9 nitrogen and oxygen atoms in total. The Labute approximate surface area is 212 Å². The van der Waals surface area contributed by atoms with Crippen LogP contribution in [0.1, 0.15) is 50.4 Å². The molecule has 0 aliphatic rings. The molecule has 196 valence electrons. The Hall–Kier alpha value is -3.59. The van der Waals surface area contributed by atoms with Crippen LogP contribution >= 0.6 is 0 Å². The van der Waals surface area contributed by atoms with Gasteiger partial charge in [0.25, 0.3) is 5.91 Å². The zero-order valence-electron chi connectivity index (χ0n) is 22.0. The second-order valence-electron chi connectivity index (χ2n) is 9.42. The topological polar surface area (TPSA) is 117 Å². The molecule has 9 heteroatoms. The molecule has 0 radical (unpaired) electrons. The summed E-state index contributed by atoms with van der Waals surface area (Å²) in [6.45, 7) is 10.1. The smallest absolute Gasteiger partial charge is 0.408 e. The average molecular weight is 500 g/mol. The molecule has 0 saturated carbocycles. The number of rotatable bonds is 9.